The van der Waals surface area contributed by atoms with Crippen LogP contribution < -0.4 is 10.6 Å². The summed E-state index contributed by atoms with van der Waals surface area (Å²) in [7, 11) is 0. The van der Waals surface area contributed by atoms with E-state index >= 15 is 0 Å². The van der Waals surface area contributed by atoms with E-state index < -0.39 is 0 Å². The zero-order valence-electron chi connectivity index (χ0n) is 14.8. The Balaban J connectivity index is 0.00000288. The fraction of sp³-hybridized carbons (Fsp3) is 0.706. The van der Waals surface area contributed by atoms with Crippen LogP contribution >= 0.6 is 35.3 Å². The lowest BCUT2D eigenvalue weighted by Gasteiger charge is -2.20. The van der Waals surface area contributed by atoms with Crippen LogP contribution in [0.2, 0.25) is 0 Å². The molecule has 0 saturated carbocycles. The number of ether oxygens (including phenoxy) is 2. The number of hydrogen-bond acceptors (Lipinski definition) is 4. The van der Waals surface area contributed by atoms with E-state index in [-0.39, 0.29) is 36.1 Å². The third-order valence-electron chi connectivity index (χ3n) is 3.75. The van der Waals surface area contributed by atoms with Gasteiger partial charge in [-0.1, -0.05) is 13.0 Å². The van der Waals surface area contributed by atoms with E-state index in [0.717, 1.165) is 38.7 Å². The smallest absolute Gasteiger partial charge is 0.191 e. The van der Waals surface area contributed by atoms with E-state index in [4.69, 9.17) is 14.5 Å². The van der Waals surface area contributed by atoms with Crippen LogP contribution in [-0.2, 0) is 9.47 Å². The van der Waals surface area contributed by atoms with Gasteiger partial charge in [0.15, 0.2) is 5.96 Å². The minimum atomic E-state index is 0. The van der Waals surface area contributed by atoms with Gasteiger partial charge in [-0.05, 0) is 31.7 Å². The fourth-order valence-corrected chi connectivity index (χ4v) is 3.19. The molecule has 0 aliphatic carbocycles. The highest BCUT2D eigenvalue weighted by Gasteiger charge is 2.17. The van der Waals surface area contributed by atoms with Crippen molar-refractivity contribution in [2.24, 2.45) is 4.99 Å². The third-order valence-corrected chi connectivity index (χ3v) is 4.85. The van der Waals surface area contributed by atoms with Crippen molar-refractivity contribution in [1.29, 1.82) is 0 Å². The molecule has 7 heteroatoms. The van der Waals surface area contributed by atoms with Gasteiger partial charge in [0.25, 0.3) is 0 Å². The number of nitrogens with zero attached hydrogens (tertiary/aromatic N) is 1. The van der Waals surface area contributed by atoms with Gasteiger partial charge in [-0.15, -0.1) is 35.3 Å². The van der Waals surface area contributed by atoms with E-state index in [1.807, 2.05) is 0 Å². The Morgan fingerprint density at radius 1 is 1.50 bits per heavy atom. The summed E-state index contributed by atoms with van der Waals surface area (Å²) in [6.45, 7) is 10.2. The summed E-state index contributed by atoms with van der Waals surface area (Å²) in [5, 5.41) is 8.84. The Kier molecular flexibility index (Phi) is 10.9. The van der Waals surface area contributed by atoms with Gasteiger partial charge < -0.3 is 20.1 Å². The van der Waals surface area contributed by atoms with Crippen molar-refractivity contribution in [1.82, 2.24) is 10.6 Å². The zero-order valence-corrected chi connectivity index (χ0v) is 17.9. The molecule has 0 amide bonds. The second-order valence-corrected chi connectivity index (χ2v) is 6.98. The Morgan fingerprint density at radius 3 is 2.96 bits per heavy atom. The van der Waals surface area contributed by atoms with Crippen molar-refractivity contribution in [2.75, 3.05) is 32.9 Å². The first kappa shape index (κ1) is 21.7. The number of aliphatic imine (C=N–C) groups is 1. The molecule has 1 saturated heterocycles. The SMILES string of the molecule is CCNC(=NCC(C)c1cccs1)NC(C)COC1CCOC1.I. The minimum absolute atomic E-state index is 0. The van der Waals surface area contributed by atoms with Crippen LogP contribution in [0.1, 0.15) is 38.0 Å². The van der Waals surface area contributed by atoms with Crippen LogP contribution in [0, 0.1) is 0 Å². The molecule has 1 aliphatic rings. The summed E-state index contributed by atoms with van der Waals surface area (Å²) in [6.07, 6.45) is 1.25. The van der Waals surface area contributed by atoms with E-state index in [2.05, 4.69) is 48.9 Å². The molecule has 138 valence electrons. The number of guanidine groups is 1. The Labute approximate surface area is 166 Å². The molecule has 2 N–H and O–H groups in total. The van der Waals surface area contributed by atoms with Crippen LogP contribution in [0.25, 0.3) is 0 Å². The molecule has 1 fully saturated rings. The summed E-state index contributed by atoms with van der Waals surface area (Å²) < 4.78 is 11.2. The fourth-order valence-electron chi connectivity index (χ4n) is 2.41. The highest BCUT2D eigenvalue weighted by molar-refractivity contribution is 14.0. The summed E-state index contributed by atoms with van der Waals surface area (Å²) >= 11 is 1.79. The standard InChI is InChI=1S/C17H29N3O2S.HI/c1-4-18-17(19-10-13(2)16-6-5-9-23-16)20-14(3)11-22-15-7-8-21-12-15;/h5-6,9,13-15H,4,7-8,10-12H2,1-3H3,(H2,18,19,20);1H. The molecule has 3 unspecified atom stereocenters. The summed E-state index contributed by atoms with van der Waals surface area (Å²) in [5.74, 6) is 1.29. The lowest BCUT2D eigenvalue weighted by atomic mass is 10.1. The first-order chi connectivity index (χ1) is 11.2. The number of nitrogens with one attached hydrogen (secondary N) is 2. The molecular formula is C17H30IN3O2S. The molecule has 0 bridgehead atoms. The van der Waals surface area contributed by atoms with E-state index in [1.165, 1.54) is 4.88 Å². The van der Waals surface area contributed by atoms with Gasteiger partial charge in [0, 0.05) is 30.0 Å². The van der Waals surface area contributed by atoms with Crippen LogP contribution in [0.4, 0.5) is 0 Å². The topological polar surface area (TPSA) is 54.9 Å². The molecule has 2 rings (SSSR count). The van der Waals surface area contributed by atoms with Crippen LogP contribution in [-0.4, -0.2) is 51.0 Å². The van der Waals surface area contributed by atoms with E-state index in [1.54, 1.807) is 11.3 Å². The monoisotopic (exact) mass is 467 g/mol. The van der Waals surface area contributed by atoms with E-state index in [9.17, 15) is 0 Å². The number of rotatable bonds is 8. The first-order valence-electron chi connectivity index (χ1n) is 8.46. The van der Waals surface area contributed by atoms with Crippen molar-refractivity contribution in [2.45, 2.75) is 45.3 Å². The summed E-state index contributed by atoms with van der Waals surface area (Å²) in [6, 6.07) is 4.48. The molecule has 0 radical (unpaired) electrons. The van der Waals surface area contributed by atoms with Gasteiger partial charge in [-0.25, -0.2) is 0 Å². The van der Waals surface area contributed by atoms with Gasteiger partial charge in [-0.2, -0.15) is 0 Å². The van der Waals surface area contributed by atoms with Gasteiger partial charge in [0.05, 0.1) is 25.9 Å². The largest absolute Gasteiger partial charge is 0.379 e. The molecule has 24 heavy (non-hydrogen) atoms. The maximum Gasteiger partial charge on any atom is 0.191 e. The van der Waals surface area contributed by atoms with Crippen molar-refractivity contribution in [3.63, 3.8) is 0 Å². The molecule has 1 aliphatic heterocycles. The van der Waals surface area contributed by atoms with Crippen molar-refractivity contribution < 1.29 is 9.47 Å². The predicted octanol–water partition coefficient (Wildman–Crippen LogP) is 3.22. The van der Waals surface area contributed by atoms with Crippen LogP contribution in [0.3, 0.4) is 0 Å². The average Bonchev–Trinajstić information content (AvgIpc) is 3.23. The van der Waals surface area contributed by atoms with Crippen molar-refractivity contribution >= 4 is 41.3 Å². The van der Waals surface area contributed by atoms with Gasteiger partial charge in [0.2, 0.25) is 0 Å². The van der Waals surface area contributed by atoms with Crippen LogP contribution in [0.5, 0.6) is 0 Å². The predicted molar refractivity (Wildman–Crippen MR) is 112 cm³/mol. The molecule has 0 spiro atoms. The Hall–Kier alpha value is -0.380. The molecule has 0 aromatic carbocycles. The lowest BCUT2D eigenvalue weighted by molar-refractivity contribution is 0.0347. The van der Waals surface area contributed by atoms with Crippen LogP contribution in [0.15, 0.2) is 22.5 Å². The normalized spacial score (nSPS) is 20.3. The second kappa shape index (κ2) is 12.1. The Bertz CT molecular complexity index is 464. The molecule has 5 nitrogen and oxygen atoms in total. The maximum atomic E-state index is 5.86. The lowest BCUT2D eigenvalue weighted by Crippen LogP contribution is -2.44. The van der Waals surface area contributed by atoms with Crippen molar-refractivity contribution in [3.05, 3.63) is 22.4 Å². The quantitative estimate of drug-likeness (QED) is 0.350. The van der Waals surface area contributed by atoms with Gasteiger partial charge in [-0.3, -0.25) is 4.99 Å². The molecule has 1 aromatic heterocycles. The van der Waals surface area contributed by atoms with Gasteiger partial charge >= 0.3 is 0 Å². The summed E-state index contributed by atoms with van der Waals surface area (Å²) in [4.78, 5) is 6.09. The first-order valence-corrected chi connectivity index (χ1v) is 9.34. The zero-order chi connectivity index (χ0) is 16.5. The maximum absolute atomic E-state index is 5.86. The van der Waals surface area contributed by atoms with Crippen molar-refractivity contribution in [3.8, 4) is 0 Å². The minimum Gasteiger partial charge on any atom is -0.379 e. The van der Waals surface area contributed by atoms with E-state index in [0.29, 0.717) is 12.5 Å². The molecule has 2 heterocycles. The second-order valence-electron chi connectivity index (χ2n) is 6.00. The van der Waals surface area contributed by atoms with Gasteiger partial charge in [0.1, 0.15) is 0 Å². The number of hydrogen-bond donors (Lipinski definition) is 2. The summed E-state index contributed by atoms with van der Waals surface area (Å²) in [5.41, 5.74) is 0. The average molecular weight is 467 g/mol. The molecule has 3 atom stereocenters. The molecular weight excluding hydrogens is 437 g/mol. The highest BCUT2D eigenvalue weighted by atomic mass is 127. The number of thiophene rings is 1. The Morgan fingerprint density at radius 2 is 2.33 bits per heavy atom. The number of halogens is 1. The highest BCUT2D eigenvalue weighted by Crippen LogP contribution is 2.20. The third kappa shape index (κ3) is 7.67. The molecule has 1 aromatic rings.